The summed E-state index contributed by atoms with van der Waals surface area (Å²) in [7, 11) is 5.84. The number of ether oxygens (including phenoxy) is 2. The first-order valence-electron chi connectivity index (χ1n) is 14.5. The van der Waals surface area contributed by atoms with Crippen molar-refractivity contribution in [1.29, 1.82) is 0 Å². The maximum atomic E-state index is 14.5. The fourth-order valence-corrected chi connectivity index (χ4v) is 5.55. The van der Waals surface area contributed by atoms with Gasteiger partial charge < -0.3 is 29.1 Å². The second-order valence-electron chi connectivity index (χ2n) is 10.9. The summed E-state index contributed by atoms with van der Waals surface area (Å²) >= 11 is 5.75. The van der Waals surface area contributed by atoms with Gasteiger partial charge in [-0.05, 0) is 45.5 Å². The van der Waals surface area contributed by atoms with E-state index in [1.54, 1.807) is 23.1 Å². The molecule has 1 amide bonds. The molecule has 5 rings (SSSR count). The molecule has 0 spiro atoms. The molecule has 2 saturated heterocycles. The number of carbonyl (C=O) groups is 1. The number of anilines is 2. The number of halogens is 3. The van der Waals surface area contributed by atoms with E-state index in [-0.39, 0.29) is 23.8 Å². The Hall–Kier alpha value is -3.36. The van der Waals surface area contributed by atoms with Crippen LogP contribution in [0.1, 0.15) is 31.5 Å². The van der Waals surface area contributed by atoms with Crippen molar-refractivity contribution < 1.29 is 23.0 Å². The SMILES string of the molecule is CN(C)CCCOc1cccc2c1nc(C(F)F)n2-c1nc(N2CCOCC2)nc(N(C)C2CCN(C(=O)CCl)CC2)n1. The number of hydrogen-bond donors (Lipinski definition) is 0. The summed E-state index contributed by atoms with van der Waals surface area (Å²) in [6.07, 6.45) is -0.727. The van der Waals surface area contributed by atoms with Crippen molar-refractivity contribution in [1.82, 2.24) is 34.3 Å². The number of benzene rings is 1. The minimum atomic E-state index is -2.89. The van der Waals surface area contributed by atoms with Gasteiger partial charge in [0, 0.05) is 45.8 Å². The quantitative estimate of drug-likeness (QED) is 0.234. The van der Waals surface area contributed by atoms with Gasteiger partial charge in [-0.2, -0.15) is 15.0 Å². The van der Waals surface area contributed by atoms with Gasteiger partial charge in [0.15, 0.2) is 5.82 Å². The summed E-state index contributed by atoms with van der Waals surface area (Å²) in [6, 6.07) is 5.23. The van der Waals surface area contributed by atoms with Gasteiger partial charge in [0.25, 0.3) is 6.43 Å². The van der Waals surface area contributed by atoms with Gasteiger partial charge in [0.1, 0.15) is 17.1 Å². The number of hydrogen-bond acceptors (Lipinski definition) is 10. The second-order valence-corrected chi connectivity index (χ2v) is 11.2. The van der Waals surface area contributed by atoms with Gasteiger partial charge >= 0.3 is 0 Å². The highest BCUT2D eigenvalue weighted by Crippen LogP contribution is 2.33. The Labute approximate surface area is 254 Å². The normalized spacial score (nSPS) is 16.5. The lowest BCUT2D eigenvalue weighted by Gasteiger charge is -2.37. The predicted molar refractivity (Wildman–Crippen MR) is 160 cm³/mol. The first-order valence-corrected chi connectivity index (χ1v) is 15.0. The van der Waals surface area contributed by atoms with Gasteiger partial charge in [-0.1, -0.05) is 6.07 Å². The number of rotatable bonds is 11. The largest absolute Gasteiger partial charge is 0.491 e. The number of carbonyl (C=O) groups excluding carboxylic acids is 1. The van der Waals surface area contributed by atoms with E-state index in [9.17, 15) is 13.6 Å². The molecular formula is C28H38ClF2N9O3. The van der Waals surface area contributed by atoms with Crippen LogP contribution in [-0.2, 0) is 9.53 Å². The summed E-state index contributed by atoms with van der Waals surface area (Å²) in [5, 5.41) is 0. The van der Waals surface area contributed by atoms with Crippen LogP contribution in [0.4, 0.5) is 20.7 Å². The molecular weight excluding hydrogens is 584 g/mol. The monoisotopic (exact) mass is 621 g/mol. The Morgan fingerprint density at radius 3 is 2.47 bits per heavy atom. The number of likely N-dealkylation sites (tertiary alicyclic amines) is 1. The highest BCUT2D eigenvalue weighted by Gasteiger charge is 2.30. The lowest BCUT2D eigenvalue weighted by Crippen LogP contribution is -2.46. The van der Waals surface area contributed by atoms with E-state index in [1.165, 1.54) is 4.57 Å². The van der Waals surface area contributed by atoms with E-state index < -0.39 is 12.2 Å². The van der Waals surface area contributed by atoms with E-state index in [4.69, 9.17) is 31.0 Å². The van der Waals surface area contributed by atoms with Gasteiger partial charge in [0.2, 0.25) is 23.8 Å². The Morgan fingerprint density at radius 1 is 1.07 bits per heavy atom. The highest BCUT2D eigenvalue weighted by molar-refractivity contribution is 6.27. The van der Waals surface area contributed by atoms with Crippen LogP contribution in [0.3, 0.4) is 0 Å². The van der Waals surface area contributed by atoms with Crippen molar-refractivity contribution in [2.45, 2.75) is 31.7 Å². The zero-order valence-electron chi connectivity index (χ0n) is 24.8. The number of para-hydroxylation sites is 1. The lowest BCUT2D eigenvalue weighted by molar-refractivity contribution is -0.129. The minimum absolute atomic E-state index is 0.0310. The Balaban J connectivity index is 1.53. The molecule has 43 heavy (non-hydrogen) atoms. The molecule has 2 fully saturated rings. The number of aromatic nitrogens is 5. The molecule has 2 aliphatic rings. The first kappa shape index (κ1) is 31.1. The summed E-state index contributed by atoms with van der Waals surface area (Å²) in [5.74, 6) is 0.599. The van der Waals surface area contributed by atoms with E-state index in [0.717, 1.165) is 13.0 Å². The standard InChI is InChI=1S/C28H38ClF2N9O3/c1-36(2)10-5-15-43-21-7-4-6-20-23(21)32-25(24(30)31)40(20)28-34-26(33-27(35-28)39-13-16-42-17-14-39)37(3)19-8-11-38(12-9-19)22(41)18-29/h4,6-7,19,24H,5,8-18H2,1-3H3. The number of nitrogens with zero attached hydrogens (tertiary/aromatic N) is 9. The summed E-state index contributed by atoms with van der Waals surface area (Å²) < 4.78 is 41.9. The van der Waals surface area contributed by atoms with Crippen molar-refractivity contribution in [3.8, 4) is 11.7 Å². The lowest BCUT2D eigenvalue weighted by atomic mass is 10.0. The molecule has 2 aromatic heterocycles. The fraction of sp³-hybridized carbons (Fsp3) is 0.607. The number of fused-ring (bicyclic) bond motifs is 1. The Bertz CT molecular complexity index is 1400. The number of piperidine rings is 1. The van der Waals surface area contributed by atoms with E-state index in [1.807, 2.05) is 30.9 Å². The van der Waals surface area contributed by atoms with Crippen molar-refractivity contribution in [3.05, 3.63) is 24.0 Å². The minimum Gasteiger partial charge on any atom is -0.491 e. The predicted octanol–water partition coefficient (Wildman–Crippen LogP) is 2.98. The average Bonchev–Trinajstić information content (AvgIpc) is 3.43. The number of alkyl halides is 3. The summed E-state index contributed by atoms with van der Waals surface area (Å²) in [5.41, 5.74) is 0.739. The molecule has 2 aliphatic heterocycles. The third kappa shape index (κ3) is 7.07. The number of amides is 1. The summed E-state index contributed by atoms with van der Waals surface area (Å²) in [6.45, 7) is 4.51. The molecule has 15 heteroatoms. The van der Waals surface area contributed by atoms with Crippen LogP contribution in [0.2, 0.25) is 0 Å². The molecule has 0 aliphatic carbocycles. The molecule has 0 saturated carbocycles. The van der Waals surface area contributed by atoms with Crippen molar-refractivity contribution in [2.24, 2.45) is 0 Å². The van der Waals surface area contributed by atoms with Crippen molar-refractivity contribution >= 4 is 40.4 Å². The summed E-state index contributed by atoms with van der Waals surface area (Å²) in [4.78, 5) is 38.3. The maximum Gasteiger partial charge on any atom is 0.296 e. The van der Waals surface area contributed by atoms with Crippen molar-refractivity contribution in [2.75, 3.05) is 89.4 Å². The zero-order valence-corrected chi connectivity index (χ0v) is 25.5. The molecule has 1 aromatic carbocycles. The molecule has 0 N–H and O–H groups in total. The molecule has 0 atom stereocenters. The topological polar surface area (TPSA) is 105 Å². The third-order valence-corrected chi connectivity index (χ3v) is 7.99. The molecule has 234 valence electrons. The molecule has 12 nitrogen and oxygen atoms in total. The Kier molecular flexibility index (Phi) is 10.1. The molecule has 0 unspecified atom stereocenters. The molecule has 4 heterocycles. The maximum absolute atomic E-state index is 14.5. The van der Waals surface area contributed by atoms with Crippen molar-refractivity contribution in [3.63, 3.8) is 0 Å². The Morgan fingerprint density at radius 2 is 1.79 bits per heavy atom. The number of imidazole rings is 1. The second kappa shape index (κ2) is 14.0. The average molecular weight is 622 g/mol. The zero-order chi connectivity index (χ0) is 30.5. The van der Waals surface area contributed by atoms with Crippen LogP contribution < -0.4 is 14.5 Å². The van der Waals surface area contributed by atoms with Crippen LogP contribution in [0.5, 0.6) is 5.75 Å². The van der Waals surface area contributed by atoms with E-state index >= 15 is 0 Å². The van der Waals surface area contributed by atoms with Gasteiger partial charge in [0.05, 0.1) is 25.3 Å². The fourth-order valence-electron chi connectivity index (χ4n) is 5.38. The van der Waals surface area contributed by atoms with Gasteiger partial charge in [-0.3, -0.25) is 9.36 Å². The molecule has 0 bridgehead atoms. The first-order chi connectivity index (χ1) is 20.8. The van der Waals surface area contributed by atoms with Gasteiger partial charge in [-0.15, -0.1) is 11.6 Å². The molecule has 0 radical (unpaired) electrons. The number of morpholine rings is 1. The van der Waals surface area contributed by atoms with Crippen LogP contribution in [0, 0.1) is 0 Å². The van der Waals surface area contributed by atoms with Crippen LogP contribution in [-0.4, -0.2) is 126 Å². The highest BCUT2D eigenvalue weighted by atomic mass is 35.5. The van der Waals surface area contributed by atoms with Crippen LogP contribution in [0.15, 0.2) is 18.2 Å². The smallest absolute Gasteiger partial charge is 0.296 e. The van der Waals surface area contributed by atoms with Crippen LogP contribution >= 0.6 is 11.6 Å². The molecule has 3 aromatic rings. The van der Waals surface area contributed by atoms with E-state index in [0.29, 0.717) is 87.5 Å². The third-order valence-electron chi connectivity index (χ3n) is 7.77. The van der Waals surface area contributed by atoms with Crippen LogP contribution in [0.25, 0.3) is 17.0 Å². The van der Waals surface area contributed by atoms with Gasteiger partial charge in [-0.25, -0.2) is 13.8 Å². The van der Waals surface area contributed by atoms with E-state index in [2.05, 4.69) is 14.9 Å².